The highest BCUT2D eigenvalue weighted by atomic mass is 32.1. The van der Waals surface area contributed by atoms with Gasteiger partial charge in [0.15, 0.2) is 0 Å². The molecule has 21 heavy (non-hydrogen) atoms. The summed E-state index contributed by atoms with van der Waals surface area (Å²) in [5, 5.41) is 12.5. The van der Waals surface area contributed by atoms with Gasteiger partial charge in [-0.2, -0.15) is 0 Å². The molecule has 3 rings (SSSR count). The van der Waals surface area contributed by atoms with Crippen LogP contribution in [0.25, 0.3) is 10.1 Å². The molecule has 0 aliphatic carbocycles. The van der Waals surface area contributed by atoms with Crippen molar-refractivity contribution in [1.29, 1.82) is 0 Å². The Labute approximate surface area is 123 Å². The molecule has 5 nitrogen and oxygen atoms in total. The van der Waals surface area contributed by atoms with Crippen LogP contribution in [-0.2, 0) is 9.53 Å². The van der Waals surface area contributed by atoms with Gasteiger partial charge in [0.2, 0.25) is 0 Å². The Morgan fingerprint density at radius 2 is 2.14 bits per heavy atom. The van der Waals surface area contributed by atoms with Crippen molar-refractivity contribution in [3.05, 3.63) is 35.0 Å². The molecule has 1 aliphatic rings. The number of carboxylic acids is 1. The third-order valence-electron chi connectivity index (χ3n) is 3.42. The lowest BCUT2D eigenvalue weighted by atomic mass is 10.0. The van der Waals surface area contributed by atoms with Gasteiger partial charge >= 0.3 is 5.97 Å². The molecule has 1 fully saturated rings. The summed E-state index contributed by atoms with van der Waals surface area (Å²) in [5.74, 6) is -2.44. The molecule has 110 valence electrons. The van der Waals surface area contributed by atoms with Crippen molar-refractivity contribution in [1.82, 2.24) is 5.32 Å². The minimum atomic E-state index is -0.990. The number of carbonyl (C=O) groups is 2. The molecule has 2 unspecified atom stereocenters. The highest BCUT2D eigenvalue weighted by molar-refractivity contribution is 7.20. The Bertz CT molecular complexity index is 714. The lowest BCUT2D eigenvalue weighted by Gasteiger charge is -2.14. The first-order valence-corrected chi connectivity index (χ1v) is 7.17. The number of benzene rings is 1. The highest BCUT2D eigenvalue weighted by Gasteiger charge is 2.35. The summed E-state index contributed by atoms with van der Waals surface area (Å²) in [6.07, 6.45) is 0. The van der Waals surface area contributed by atoms with Crippen LogP contribution in [0, 0.1) is 11.7 Å². The maximum absolute atomic E-state index is 13.1. The van der Waals surface area contributed by atoms with Crippen molar-refractivity contribution >= 4 is 33.3 Å². The number of hydrogen-bond acceptors (Lipinski definition) is 4. The van der Waals surface area contributed by atoms with Crippen LogP contribution in [0.3, 0.4) is 0 Å². The number of nitrogens with one attached hydrogen (secondary N) is 1. The van der Waals surface area contributed by atoms with Crippen LogP contribution in [0.4, 0.5) is 4.39 Å². The monoisotopic (exact) mass is 309 g/mol. The number of amides is 1. The maximum atomic E-state index is 13.1. The molecule has 0 bridgehead atoms. The molecule has 2 heterocycles. The highest BCUT2D eigenvalue weighted by Crippen LogP contribution is 2.26. The molecule has 2 atom stereocenters. The fraction of sp³-hybridized carbons (Fsp3) is 0.286. The van der Waals surface area contributed by atoms with Crippen LogP contribution in [0.2, 0.25) is 0 Å². The number of aliphatic carboxylic acids is 1. The van der Waals surface area contributed by atoms with Gasteiger partial charge in [-0.3, -0.25) is 9.59 Å². The van der Waals surface area contributed by atoms with Crippen molar-refractivity contribution in [2.75, 3.05) is 13.2 Å². The minimum Gasteiger partial charge on any atom is -0.481 e. The molecular weight excluding hydrogens is 297 g/mol. The Balaban J connectivity index is 1.79. The molecule has 1 saturated heterocycles. The van der Waals surface area contributed by atoms with E-state index in [-0.39, 0.29) is 24.9 Å². The third kappa shape index (κ3) is 2.74. The fourth-order valence-corrected chi connectivity index (χ4v) is 3.29. The lowest BCUT2D eigenvalue weighted by molar-refractivity contribution is -0.142. The third-order valence-corrected chi connectivity index (χ3v) is 4.52. The summed E-state index contributed by atoms with van der Waals surface area (Å²) in [6.45, 7) is 0.278. The van der Waals surface area contributed by atoms with Crippen molar-refractivity contribution in [3.63, 3.8) is 0 Å². The Kier molecular flexibility index (Phi) is 3.60. The van der Waals surface area contributed by atoms with Crippen LogP contribution in [-0.4, -0.2) is 36.2 Å². The van der Waals surface area contributed by atoms with Crippen molar-refractivity contribution < 1.29 is 23.8 Å². The molecule has 1 amide bonds. The second-order valence-electron chi connectivity index (χ2n) is 4.85. The average Bonchev–Trinajstić information content (AvgIpc) is 3.04. The largest absolute Gasteiger partial charge is 0.481 e. The topological polar surface area (TPSA) is 75.6 Å². The second kappa shape index (κ2) is 5.42. The zero-order chi connectivity index (χ0) is 15.0. The normalized spacial score (nSPS) is 21.6. The van der Waals surface area contributed by atoms with E-state index in [0.717, 1.165) is 5.39 Å². The number of thiophene rings is 1. The predicted octanol–water partition coefficient (Wildman–Crippen LogP) is 1.87. The van der Waals surface area contributed by atoms with E-state index in [4.69, 9.17) is 9.84 Å². The zero-order valence-corrected chi connectivity index (χ0v) is 11.7. The molecule has 0 saturated carbocycles. The van der Waals surface area contributed by atoms with Gasteiger partial charge in [0.25, 0.3) is 5.91 Å². The standard InChI is InChI=1S/C14H12FNO4S/c15-8-2-1-7-3-12(21-11(7)4-8)13(17)16-10-6-20-5-9(10)14(18)19/h1-4,9-10H,5-6H2,(H,16,17)(H,18,19). The number of carboxylic acid groups (broad SMARTS) is 1. The van der Waals surface area contributed by atoms with Gasteiger partial charge in [-0.15, -0.1) is 11.3 Å². The summed E-state index contributed by atoms with van der Waals surface area (Å²) in [4.78, 5) is 23.6. The van der Waals surface area contributed by atoms with Crippen LogP contribution < -0.4 is 5.32 Å². The van der Waals surface area contributed by atoms with E-state index in [1.54, 1.807) is 12.1 Å². The number of halogens is 1. The second-order valence-corrected chi connectivity index (χ2v) is 5.94. The van der Waals surface area contributed by atoms with Crippen molar-refractivity contribution in [2.24, 2.45) is 5.92 Å². The summed E-state index contributed by atoms with van der Waals surface area (Å²) < 4.78 is 18.9. The van der Waals surface area contributed by atoms with E-state index in [1.165, 1.54) is 23.5 Å². The van der Waals surface area contributed by atoms with Gasteiger partial charge in [0.05, 0.1) is 24.1 Å². The van der Waals surface area contributed by atoms with Crippen molar-refractivity contribution in [3.8, 4) is 0 Å². The van der Waals surface area contributed by atoms with E-state index >= 15 is 0 Å². The van der Waals surface area contributed by atoms with Crippen LogP contribution >= 0.6 is 11.3 Å². The quantitative estimate of drug-likeness (QED) is 0.907. The molecule has 1 aliphatic heterocycles. The first-order valence-electron chi connectivity index (χ1n) is 6.35. The first kappa shape index (κ1) is 14.0. The minimum absolute atomic E-state index is 0.0951. The SMILES string of the molecule is O=C(NC1COCC1C(=O)O)c1cc2ccc(F)cc2s1. The molecule has 7 heteroatoms. The van der Waals surface area contributed by atoms with Gasteiger partial charge in [0, 0.05) is 4.70 Å². The predicted molar refractivity (Wildman–Crippen MR) is 75.0 cm³/mol. The van der Waals surface area contributed by atoms with Gasteiger partial charge in [-0.25, -0.2) is 4.39 Å². The van der Waals surface area contributed by atoms with Gasteiger partial charge in [-0.05, 0) is 23.6 Å². The molecule has 1 aromatic carbocycles. The lowest BCUT2D eigenvalue weighted by Crippen LogP contribution is -2.42. The van der Waals surface area contributed by atoms with Crippen LogP contribution in [0.5, 0.6) is 0 Å². The number of ether oxygens (including phenoxy) is 1. The Hall–Kier alpha value is -1.99. The van der Waals surface area contributed by atoms with Gasteiger partial charge in [0.1, 0.15) is 11.7 Å². The van der Waals surface area contributed by atoms with Gasteiger partial charge < -0.3 is 15.2 Å². The van der Waals surface area contributed by atoms with E-state index in [0.29, 0.717) is 9.58 Å². The molecular formula is C14H12FNO4S. The maximum Gasteiger partial charge on any atom is 0.311 e. The van der Waals surface area contributed by atoms with Crippen LogP contribution in [0.1, 0.15) is 9.67 Å². The number of fused-ring (bicyclic) bond motifs is 1. The number of carbonyl (C=O) groups excluding carboxylic acids is 1. The molecule has 1 aromatic heterocycles. The Morgan fingerprint density at radius 3 is 2.90 bits per heavy atom. The summed E-state index contributed by atoms with van der Waals surface area (Å²) in [5.41, 5.74) is 0. The molecule has 0 spiro atoms. The smallest absolute Gasteiger partial charge is 0.311 e. The van der Waals surface area contributed by atoms with Gasteiger partial charge in [-0.1, -0.05) is 6.07 Å². The fourth-order valence-electron chi connectivity index (χ4n) is 2.30. The summed E-state index contributed by atoms with van der Waals surface area (Å²) >= 11 is 1.17. The van der Waals surface area contributed by atoms with Crippen molar-refractivity contribution in [2.45, 2.75) is 6.04 Å². The number of hydrogen-bond donors (Lipinski definition) is 2. The zero-order valence-electron chi connectivity index (χ0n) is 10.8. The molecule has 0 radical (unpaired) electrons. The first-order chi connectivity index (χ1) is 10.0. The van der Waals surface area contributed by atoms with E-state index < -0.39 is 17.9 Å². The van der Waals surface area contributed by atoms with E-state index in [1.807, 2.05) is 0 Å². The number of rotatable bonds is 3. The molecule has 2 N–H and O–H groups in total. The van der Waals surface area contributed by atoms with E-state index in [9.17, 15) is 14.0 Å². The summed E-state index contributed by atoms with van der Waals surface area (Å²) in [6, 6.07) is 5.44. The van der Waals surface area contributed by atoms with Crippen LogP contribution in [0.15, 0.2) is 24.3 Å². The average molecular weight is 309 g/mol. The summed E-state index contributed by atoms with van der Waals surface area (Å²) in [7, 11) is 0. The Morgan fingerprint density at radius 1 is 1.33 bits per heavy atom. The molecule has 2 aromatic rings. The van der Waals surface area contributed by atoms with E-state index in [2.05, 4.69) is 5.32 Å².